The lowest BCUT2D eigenvalue weighted by molar-refractivity contribution is 0.0256. The number of hydrogen-bond acceptors (Lipinski definition) is 6. The smallest absolute Gasteiger partial charge is 0.257 e. The maximum Gasteiger partial charge on any atom is 0.257 e. The standard InChI is InChI=1S/C17H23N3O3/c1-12(18-2)11-16-19-17(23-20-16)13-3-5-14(6-4-13)22-15-7-9-21-10-8-15/h3-6,12,15,18H,7-11H2,1-2H3. The number of likely N-dealkylation sites (N-methyl/N-ethyl adjacent to an activating group) is 1. The predicted octanol–water partition coefficient (Wildman–Crippen LogP) is 2.44. The lowest BCUT2D eigenvalue weighted by Gasteiger charge is -2.23. The zero-order chi connectivity index (χ0) is 16.1. The van der Waals surface area contributed by atoms with Crippen molar-refractivity contribution < 1.29 is 14.0 Å². The Morgan fingerprint density at radius 2 is 2.00 bits per heavy atom. The van der Waals surface area contributed by atoms with Crippen LogP contribution in [0, 0.1) is 0 Å². The molecule has 2 aromatic rings. The second-order valence-electron chi connectivity index (χ2n) is 5.86. The first kappa shape index (κ1) is 16.0. The van der Waals surface area contributed by atoms with Gasteiger partial charge in [-0.2, -0.15) is 4.98 Å². The zero-order valence-electron chi connectivity index (χ0n) is 13.6. The Hall–Kier alpha value is -1.92. The molecule has 1 N–H and O–H groups in total. The van der Waals surface area contributed by atoms with E-state index in [1.165, 1.54) is 0 Å². The molecule has 0 saturated carbocycles. The number of benzene rings is 1. The van der Waals surface area contributed by atoms with Gasteiger partial charge in [-0.05, 0) is 38.2 Å². The Labute approximate surface area is 136 Å². The summed E-state index contributed by atoms with van der Waals surface area (Å²) in [6.45, 7) is 3.63. The van der Waals surface area contributed by atoms with Gasteiger partial charge in [0.2, 0.25) is 0 Å². The molecule has 2 heterocycles. The van der Waals surface area contributed by atoms with Gasteiger partial charge in [0.25, 0.3) is 5.89 Å². The molecule has 0 amide bonds. The van der Waals surface area contributed by atoms with Crippen LogP contribution >= 0.6 is 0 Å². The lowest BCUT2D eigenvalue weighted by Crippen LogP contribution is -2.25. The molecule has 1 saturated heterocycles. The molecule has 124 valence electrons. The van der Waals surface area contributed by atoms with Gasteiger partial charge in [-0.1, -0.05) is 5.16 Å². The second kappa shape index (κ2) is 7.57. The summed E-state index contributed by atoms with van der Waals surface area (Å²) in [5.41, 5.74) is 0.903. The van der Waals surface area contributed by atoms with Crippen LogP contribution in [0.5, 0.6) is 5.75 Å². The highest BCUT2D eigenvalue weighted by atomic mass is 16.5. The van der Waals surface area contributed by atoms with E-state index >= 15 is 0 Å². The molecule has 1 aromatic carbocycles. The van der Waals surface area contributed by atoms with E-state index in [1.54, 1.807) is 0 Å². The van der Waals surface area contributed by atoms with Gasteiger partial charge in [0, 0.05) is 30.9 Å². The fraction of sp³-hybridized carbons (Fsp3) is 0.529. The van der Waals surface area contributed by atoms with Gasteiger partial charge < -0.3 is 19.3 Å². The minimum absolute atomic E-state index is 0.243. The Kier molecular flexibility index (Phi) is 5.25. The van der Waals surface area contributed by atoms with Gasteiger partial charge in [0.05, 0.1) is 13.2 Å². The molecule has 1 aromatic heterocycles. The Bertz CT molecular complexity index is 606. The van der Waals surface area contributed by atoms with Crippen LogP contribution in [-0.4, -0.2) is 42.5 Å². The van der Waals surface area contributed by atoms with E-state index < -0.39 is 0 Å². The monoisotopic (exact) mass is 317 g/mol. The minimum Gasteiger partial charge on any atom is -0.490 e. The van der Waals surface area contributed by atoms with Crippen molar-refractivity contribution in [3.63, 3.8) is 0 Å². The minimum atomic E-state index is 0.243. The van der Waals surface area contributed by atoms with E-state index in [4.69, 9.17) is 14.0 Å². The maximum atomic E-state index is 5.96. The summed E-state index contributed by atoms with van der Waals surface area (Å²) in [6, 6.07) is 8.12. The van der Waals surface area contributed by atoms with E-state index in [9.17, 15) is 0 Å². The molecule has 6 heteroatoms. The quantitative estimate of drug-likeness (QED) is 0.882. The fourth-order valence-electron chi connectivity index (χ4n) is 2.49. The van der Waals surface area contributed by atoms with E-state index in [0.29, 0.717) is 17.8 Å². The molecule has 0 spiro atoms. The van der Waals surface area contributed by atoms with Crippen LogP contribution in [0.15, 0.2) is 28.8 Å². The van der Waals surface area contributed by atoms with Crippen molar-refractivity contribution in [2.75, 3.05) is 20.3 Å². The summed E-state index contributed by atoms with van der Waals surface area (Å²) in [7, 11) is 1.92. The summed E-state index contributed by atoms with van der Waals surface area (Å²) in [5, 5.41) is 7.19. The molecule has 1 fully saturated rings. The molecular weight excluding hydrogens is 294 g/mol. The molecule has 0 bridgehead atoms. The average Bonchev–Trinajstić information content (AvgIpc) is 3.05. The van der Waals surface area contributed by atoms with Crippen LogP contribution in [0.25, 0.3) is 11.5 Å². The number of nitrogens with zero attached hydrogens (tertiary/aromatic N) is 2. The van der Waals surface area contributed by atoms with Crippen molar-refractivity contribution in [2.45, 2.75) is 38.3 Å². The van der Waals surface area contributed by atoms with E-state index in [0.717, 1.165) is 43.8 Å². The molecule has 3 rings (SSSR count). The number of aromatic nitrogens is 2. The number of ether oxygens (including phenoxy) is 2. The molecule has 6 nitrogen and oxygen atoms in total. The van der Waals surface area contributed by atoms with Crippen LogP contribution in [0.4, 0.5) is 0 Å². The molecule has 1 aliphatic rings. The summed E-state index contributed by atoms with van der Waals surface area (Å²) in [5.74, 6) is 2.12. The van der Waals surface area contributed by atoms with Crippen LogP contribution < -0.4 is 10.1 Å². The van der Waals surface area contributed by atoms with E-state index in [1.807, 2.05) is 31.3 Å². The fourth-order valence-corrected chi connectivity index (χ4v) is 2.49. The van der Waals surface area contributed by atoms with Gasteiger partial charge in [0.15, 0.2) is 5.82 Å². The summed E-state index contributed by atoms with van der Waals surface area (Å²) in [6.07, 6.45) is 2.87. The van der Waals surface area contributed by atoms with Gasteiger partial charge in [0.1, 0.15) is 11.9 Å². The molecule has 0 radical (unpaired) electrons. The van der Waals surface area contributed by atoms with Crippen molar-refractivity contribution >= 4 is 0 Å². The normalized spacial score (nSPS) is 17.1. The lowest BCUT2D eigenvalue weighted by atomic mass is 10.1. The zero-order valence-corrected chi connectivity index (χ0v) is 13.6. The molecule has 0 aliphatic carbocycles. The predicted molar refractivity (Wildman–Crippen MR) is 86.4 cm³/mol. The molecule has 1 atom stereocenters. The van der Waals surface area contributed by atoms with Crippen LogP contribution in [0.3, 0.4) is 0 Å². The van der Waals surface area contributed by atoms with Crippen LogP contribution in [-0.2, 0) is 11.2 Å². The van der Waals surface area contributed by atoms with Crippen molar-refractivity contribution in [1.82, 2.24) is 15.5 Å². The van der Waals surface area contributed by atoms with Crippen LogP contribution in [0.1, 0.15) is 25.6 Å². The third-order valence-electron chi connectivity index (χ3n) is 4.02. The molecule has 1 unspecified atom stereocenters. The highest BCUT2D eigenvalue weighted by Crippen LogP contribution is 2.23. The molecule has 23 heavy (non-hydrogen) atoms. The Morgan fingerprint density at radius 3 is 2.70 bits per heavy atom. The topological polar surface area (TPSA) is 69.4 Å². The average molecular weight is 317 g/mol. The first-order valence-electron chi connectivity index (χ1n) is 8.09. The first-order valence-corrected chi connectivity index (χ1v) is 8.09. The Balaban J connectivity index is 1.62. The summed E-state index contributed by atoms with van der Waals surface area (Å²) >= 11 is 0. The van der Waals surface area contributed by atoms with E-state index in [2.05, 4.69) is 22.4 Å². The van der Waals surface area contributed by atoms with Gasteiger partial charge in [-0.3, -0.25) is 0 Å². The Morgan fingerprint density at radius 1 is 1.26 bits per heavy atom. The third-order valence-corrected chi connectivity index (χ3v) is 4.02. The second-order valence-corrected chi connectivity index (χ2v) is 5.86. The summed E-state index contributed by atoms with van der Waals surface area (Å²) < 4.78 is 16.6. The van der Waals surface area contributed by atoms with Crippen molar-refractivity contribution in [3.05, 3.63) is 30.1 Å². The van der Waals surface area contributed by atoms with Crippen molar-refractivity contribution in [2.24, 2.45) is 0 Å². The number of nitrogens with one attached hydrogen (secondary N) is 1. The van der Waals surface area contributed by atoms with Crippen molar-refractivity contribution in [3.8, 4) is 17.2 Å². The molecule has 1 aliphatic heterocycles. The number of rotatable bonds is 6. The maximum absolute atomic E-state index is 5.96. The highest BCUT2D eigenvalue weighted by molar-refractivity contribution is 5.54. The highest BCUT2D eigenvalue weighted by Gasteiger charge is 2.16. The SMILES string of the molecule is CNC(C)Cc1noc(-c2ccc(OC3CCOCC3)cc2)n1. The van der Waals surface area contributed by atoms with E-state index in [-0.39, 0.29) is 6.10 Å². The summed E-state index contributed by atoms with van der Waals surface area (Å²) in [4.78, 5) is 4.44. The van der Waals surface area contributed by atoms with Crippen LogP contribution in [0.2, 0.25) is 0 Å². The molecular formula is C17H23N3O3. The largest absolute Gasteiger partial charge is 0.490 e. The van der Waals surface area contributed by atoms with Gasteiger partial charge >= 0.3 is 0 Å². The van der Waals surface area contributed by atoms with Crippen molar-refractivity contribution in [1.29, 1.82) is 0 Å². The first-order chi connectivity index (χ1) is 11.2. The third kappa shape index (κ3) is 4.30. The van der Waals surface area contributed by atoms with Gasteiger partial charge in [-0.15, -0.1) is 0 Å². The van der Waals surface area contributed by atoms with Gasteiger partial charge in [-0.25, -0.2) is 0 Å². The number of hydrogen-bond donors (Lipinski definition) is 1.